The first-order valence-corrected chi connectivity index (χ1v) is 47.7. The summed E-state index contributed by atoms with van der Waals surface area (Å²) >= 11 is 0. The Labute approximate surface area is 656 Å². The highest BCUT2D eigenvalue weighted by Gasteiger charge is 2.30. The van der Waals surface area contributed by atoms with Crippen molar-refractivity contribution in [3.8, 4) is 0 Å². The summed E-state index contributed by atoms with van der Waals surface area (Å²) in [6.45, 7) is 12.0. The number of unbranched alkanes of at least 4 members (excludes halogenated alkanes) is 48. The molecule has 107 heavy (non-hydrogen) atoms. The number of carbonyl (C=O) groups is 4. The van der Waals surface area contributed by atoms with Gasteiger partial charge < -0.3 is 33.8 Å². The Hall–Kier alpha value is -2.46. The van der Waals surface area contributed by atoms with Crippen molar-refractivity contribution in [3.05, 3.63) is 24.3 Å². The Kier molecular flexibility index (Phi) is 75.7. The number of aliphatic hydroxyl groups is 1. The van der Waals surface area contributed by atoms with E-state index in [0.717, 1.165) is 120 Å². The first kappa shape index (κ1) is 105. The van der Waals surface area contributed by atoms with Gasteiger partial charge in [-0.15, -0.1) is 0 Å². The van der Waals surface area contributed by atoms with Crippen LogP contribution >= 0.6 is 15.6 Å². The van der Waals surface area contributed by atoms with Gasteiger partial charge in [-0.2, -0.15) is 0 Å². The molecule has 0 bridgehead atoms. The standard InChI is InChI=1S/C88H168O17P2/c1-8-10-11-12-13-14-15-16-22-30-35-42-50-57-64-71-87(92)105-84(76-99-86(91)70-63-56-49-44-37-39-46-53-60-67-80(5)6)78-103-107(96,97)101-74-82(89)73-100-106(94,95)102-77-83(75-98-85(90)69-62-55-48-41-34-29-26-21-23-27-32-38-45-52-59-66-79(3)4)104-88(93)72-65-58-51-43-36-31-25-20-18-17-19-24-28-33-40-47-54-61-68-81(7)9-2/h14-16,22,79-84,89H,8-13,17-21,23-78H2,1-7H3,(H,94,95)(H,96,97)/b15-14-,22-16-/t81?,82-,83-,84-/m1/s1. The zero-order valence-corrected chi connectivity index (χ0v) is 71.9. The molecule has 0 aliphatic carbocycles. The van der Waals surface area contributed by atoms with Gasteiger partial charge in [0.1, 0.15) is 19.3 Å². The van der Waals surface area contributed by atoms with E-state index in [9.17, 15) is 43.2 Å². The molecule has 0 rings (SSSR count). The molecule has 0 radical (unpaired) electrons. The summed E-state index contributed by atoms with van der Waals surface area (Å²) in [5, 5.41) is 10.7. The van der Waals surface area contributed by atoms with Gasteiger partial charge in [-0.25, -0.2) is 9.13 Å². The van der Waals surface area contributed by atoms with Gasteiger partial charge in [0.25, 0.3) is 0 Å². The van der Waals surface area contributed by atoms with Crippen molar-refractivity contribution in [2.75, 3.05) is 39.6 Å². The lowest BCUT2D eigenvalue weighted by Gasteiger charge is -2.21. The number of phosphoric ester groups is 2. The molecule has 3 unspecified atom stereocenters. The Morgan fingerprint density at radius 3 is 0.832 bits per heavy atom. The lowest BCUT2D eigenvalue weighted by atomic mass is 9.99. The van der Waals surface area contributed by atoms with Crippen molar-refractivity contribution >= 4 is 39.5 Å². The van der Waals surface area contributed by atoms with Crippen LogP contribution in [0.2, 0.25) is 0 Å². The summed E-state index contributed by atoms with van der Waals surface area (Å²) in [5.41, 5.74) is 0. The lowest BCUT2D eigenvalue weighted by molar-refractivity contribution is -0.161. The fourth-order valence-electron chi connectivity index (χ4n) is 13.2. The summed E-state index contributed by atoms with van der Waals surface area (Å²) in [6.07, 6.45) is 71.6. The van der Waals surface area contributed by atoms with Crippen LogP contribution < -0.4 is 0 Å². The molecule has 0 saturated carbocycles. The molecule has 0 aromatic heterocycles. The molecule has 17 nitrogen and oxygen atoms in total. The van der Waals surface area contributed by atoms with Gasteiger partial charge in [0.05, 0.1) is 26.4 Å². The second kappa shape index (κ2) is 77.5. The fraction of sp³-hybridized carbons (Fsp3) is 0.909. The van der Waals surface area contributed by atoms with Crippen LogP contribution in [0.25, 0.3) is 0 Å². The topological polar surface area (TPSA) is 237 Å². The van der Waals surface area contributed by atoms with E-state index >= 15 is 0 Å². The van der Waals surface area contributed by atoms with Crippen LogP contribution in [0.15, 0.2) is 24.3 Å². The van der Waals surface area contributed by atoms with E-state index < -0.39 is 97.5 Å². The Morgan fingerprint density at radius 1 is 0.308 bits per heavy atom. The predicted molar refractivity (Wildman–Crippen MR) is 441 cm³/mol. The maximum Gasteiger partial charge on any atom is 0.472 e. The highest BCUT2D eigenvalue weighted by atomic mass is 31.2. The van der Waals surface area contributed by atoms with Crippen LogP contribution in [0.4, 0.5) is 0 Å². The number of ether oxygens (including phenoxy) is 4. The minimum Gasteiger partial charge on any atom is -0.462 e. The minimum atomic E-state index is -4.97. The Balaban J connectivity index is 5.28. The third-order valence-electron chi connectivity index (χ3n) is 20.4. The first-order chi connectivity index (χ1) is 51.8. The van der Waals surface area contributed by atoms with Crippen molar-refractivity contribution in [1.29, 1.82) is 0 Å². The van der Waals surface area contributed by atoms with Crippen molar-refractivity contribution in [2.24, 2.45) is 17.8 Å². The quantitative estimate of drug-likeness (QED) is 0.0169. The molecule has 3 N–H and O–H groups in total. The molecule has 6 atom stereocenters. The number of phosphoric acid groups is 2. The van der Waals surface area contributed by atoms with Crippen LogP contribution in [0.3, 0.4) is 0 Å². The fourth-order valence-corrected chi connectivity index (χ4v) is 14.7. The molecule has 0 saturated heterocycles. The Morgan fingerprint density at radius 2 is 0.551 bits per heavy atom. The minimum absolute atomic E-state index is 0.0848. The molecule has 0 fully saturated rings. The van der Waals surface area contributed by atoms with E-state index in [-0.39, 0.29) is 25.7 Å². The molecule has 0 heterocycles. The number of hydrogen-bond donors (Lipinski definition) is 3. The van der Waals surface area contributed by atoms with E-state index in [1.165, 1.54) is 238 Å². The molecule has 0 aromatic carbocycles. The molecule has 0 aromatic rings. The van der Waals surface area contributed by atoms with Crippen molar-refractivity contribution in [1.82, 2.24) is 0 Å². The maximum atomic E-state index is 13.2. The number of esters is 4. The van der Waals surface area contributed by atoms with Crippen molar-refractivity contribution < 1.29 is 80.2 Å². The number of carbonyl (C=O) groups excluding carboxylic acids is 4. The third kappa shape index (κ3) is 80.0. The molecular weight excluding hydrogens is 1390 g/mol. The van der Waals surface area contributed by atoms with Gasteiger partial charge in [0.2, 0.25) is 0 Å². The van der Waals surface area contributed by atoms with Crippen LogP contribution in [-0.4, -0.2) is 96.7 Å². The van der Waals surface area contributed by atoms with Gasteiger partial charge >= 0.3 is 39.5 Å². The molecule has 0 spiro atoms. The van der Waals surface area contributed by atoms with Crippen LogP contribution in [0.1, 0.15) is 440 Å². The lowest BCUT2D eigenvalue weighted by Crippen LogP contribution is -2.30. The number of allylic oxidation sites excluding steroid dienone is 4. The molecule has 19 heteroatoms. The van der Waals surface area contributed by atoms with E-state index in [0.29, 0.717) is 25.7 Å². The molecule has 632 valence electrons. The summed E-state index contributed by atoms with van der Waals surface area (Å²) < 4.78 is 68.9. The van der Waals surface area contributed by atoms with E-state index in [1.807, 2.05) is 0 Å². The molecule has 0 aliphatic heterocycles. The second-order valence-corrected chi connectivity index (χ2v) is 35.0. The summed E-state index contributed by atoms with van der Waals surface area (Å²) in [6, 6.07) is 0. The van der Waals surface area contributed by atoms with Gasteiger partial charge in [0.15, 0.2) is 12.2 Å². The van der Waals surface area contributed by atoms with E-state index in [2.05, 4.69) is 72.8 Å². The Bertz CT molecular complexity index is 2160. The molecule has 0 amide bonds. The van der Waals surface area contributed by atoms with Gasteiger partial charge in [-0.05, 0) is 69.1 Å². The summed E-state index contributed by atoms with van der Waals surface area (Å²) in [5.74, 6) is 0.283. The highest BCUT2D eigenvalue weighted by Crippen LogP contribution is 2.45. The van der Waals surface area contributed by atoms with E-state index in [1.54, 1.807) is 0 Å². The summed E-state index contributed by atoms with van der Waals surface area (Å²) in [4.78, 5) is 73.3. The van der Waals surface area contributed by atoms with Crippen LogP contribution in [0, 0.1) is 17.8 Å². The zero-order valence-electron chi connectivity index (χ0n) is 70.1. The van der Waals surface area contributed by atoms with Crippen molar-refractivity contribution in [2.45, 2.75) is 458 Å². The number of rotatable bonds is 84. The van der Waals surface area contributed by atoms with Crippen LogP contribution in [0.5, 0.6) is 0 Å². The normalized spacial score (nSPS) is 14.2. The monoisotopic (exact) mass is 1560 g/mol. The molecular formula is C88H168O17P2. The van der Waals surface area contributed by atoms with Crippen LogP contribution in [-0.2, 0) is 65.4 Å². The maximum absolute atomic E-state index is 13.2. The average molecular weight is 1560 g/mol. The third-order valence-corrected chi connectivity index (χ3v) is 22.3. The second-order valence-electron chi connectivity index (χ2n) is 32.1. The van der Waals surface area contributed by atoms with Gasteiger partial charge in [0, 0.05) is 25.7 Å². The van der Waals surface area contributed by atoms with E-state index in [4.69, 9.17) is 37.0 Å². The van der Waals surface area contributed by atoms with Gasteiger partial charge in [-0.3, -0.25) is 37.3 Å². The molecule has 0 aliphatic rings. The smallest absolute Gasteiger partial charge is 0.462 e. The largest absolute Gasteiger partial charge is 0.472 e. The average Bonchev–Trinajstić information content (AvgIpc) is 0.906. The van der Waals surface area contributed by atoms with Gasteiger partial charge in [-0.1, -0.05) is 387 Å². The number of aliphatic hydroxyl groups excluding tert-OH is 1. The predicted octanol–water partition coefficient (Wildman–Crippen LogP) is 26.4. The number of hydrogen-bond acceptors (Lipinski definition) is 15. The SMILES string of the molecule is CCCCCC/C=C\C=C/CCCCCCCC(=O)O[C@H](COC(=O)CCCCCCCCCCCC(C)C)COP(=O)(O)OC[C@H](O)COP(=O)(O)OC[C@@H](COC(=O)CCCCCCCCCCCCCCCCCC(C)C)OC(=O)CCCCCCCCCCCCCCCCCCCCC(C)CC. The highest BCUT2D eigenvalue weighted by molar-refractivity contribution is 7.47. The summed E-state index contributed by atoms with van der Waals surface area (Å²) in [7, 11) is -9.94. The van der Waals surface area contributed by atoms with Crippen molar-refractivity contribution in [3.63, 3.8) is 0 Å². The first-order valence-electron chi connectivity index (χ1n) is 44.7. The zero-order chi connectivity index (χ0) is 78.6.